The third-order valence-corrected chi connectivity index (χ3v) is 11.5. The second-order valence-electron chi connectivity index (χ2n) is 10.8. The quantitative estimate of drug-likeness (QED) is 0.280. The van der Waals surface area contributed by atoms with Crippen molar-refractivity contribution >= 4 is 79.5 Å². The van der Waals surface area contributed by atoms with Crippen LogP contribution < -0.4 is 25.1 Å². The number of thioether (sulfide) groups is 1. The molecule has 3 heterocycles. The molecule has 1 saturated heterocycles. The fourth-order valence-electron chi connectivity index (χ4n) is 5.51. The number of imide groups is 1. The van der Waals surface area contributed by atoms with Crippen molar-refractivity contribution in [2.45, 2.75) is 27.6 Å². The van der Waals surface area contributed by atoms with E-state index in [0.29, 0.717) is 26.3 Å². The predicted octanol–water partition coefficient (Wildman–Crippen LogP) is 3.71. The minimum Gasteiger partial charge on any atom is -0.378 e. The molecular weight excluding hydrogens is 658 g/mol. The largest absolute Gasteiger partial charge is 0.378 e. The molecule has 0 bridgehead atoms. The Morgan fingerprint density at radius 3 is 2.20 bits per heavy atom. The number of halogens is 1. The molecule has 0 aliphatic carbocycles. The summed E-state index contributed by atoms with van der Waals surface area (Å²) in [6, 6.07) is 19.4. The zero-order valence-corrected chi connectivity index (χ0v) is 27.0. The molecule has 0 saturated carbocycles. The maximum atomic E-state index is 14.0. The summed E-state index contributed by atoms with van der Waals surface area (Å²) < 4.78 is 24.4. The number of carbonyl (C=O) groups excluding carboxylic acids is 3. The van der Waals surface area contributed by atoms with E-state index in [-0.39, 0.29) is 17.3 Å². The van der Waals surface area contributed by atoms with Crippen molar-refractivity contribution in [3.8, 4) is 0 Å². The number of anilines is 3. The van der Waals surface area contributed by atoms with Crippen molar-refractivity contribution in [3.05, 3.63) is 97.9 Å². The van der Waals surface area contributed by atoms with Crippen LogP contribution in [-0.2, 0) is 31.0 Å². The fourth-order valence-corrected chi connectivity index (χ4v) is 8.93. The smallest absolute Gasteiger partial charge is 0.308 e. The number of hydrogen-bond donors (Lipinski definition) is 2. The second-order valence-corrected chi connectivity index (χ2v) is 14.9. The number of rotatable bonds is 7. The summed E-state index contributed by atoms with van der Waals surface area (Å²) in [5.74, 6) is -2.72. The molecule has 232 valence electrons. The van der Waals surface area contributed by atoms with Gasteiger partial charge in [0.1, 0.15) is 11.8 Å². The summed E-state index contributed by atoms with van der Waals surface area (Å²) >= 11 is 8.12. The van der Waals surface area contributed by atoms with Crippen molar-refractivity contribution < 1.29 is 22.8 Å². The van der Waals surface area contributed by atoms with Crippen molar-refractivity contribution in [3.63, 3.8) is 0 Å². The molecule has 2 aliphatic heterocycles. The molecule has 3 N–H and O–H groups in total. The first kappa shape index (κ1) is 31.0. The number of nitrogens with zero attached hydrogens (tertiary/aromatic N) is 3. The number of benzene rings is 3. The third-order valence-electron chi connectivity index (χ3n) is 7.67. The van der Waals surface area contributed by atoms with Crippen LogP contribution in [-0.4, -0.2) is 50.1 Å². The minimum atomic E-state index is -3.90. The van der Waals surface area contributed by atoms with E-state index in [9.17, 15) is 27.6 Å². The predicted molar refractivity (Wildman–Crippen MR) is 175 cm³/mol. The summed E-state index contributed by atoms with van der Waals surface area (Å²) in [4.78, 5) is 57.6. The molecule has 3 aromatic carbocycles. The number of hydrogen-bond acceptors (Lipinski definition) is 9. The van der Waals surface area contributed by atoms with E-state index in [2.05, 4.69) is 5.32 Å². The highest BCUT2D eigenvalue weighted by Crippen LogP contribution is 2.54. The van der Waals surface area contributed by atoms with Gasteiger partial charge in [0, 0.05) is 41.3 Å². The number of nitrogens with two attached hydrogens (primary N) is 1. The van der Waals surface area contributed by atoms with E-state index in [0.717, 1.165) is 34.3 Å². The number of carbonyl (C=O) groups is 3. The number of amides is 3. The van der Waals surface area contributed by atoms with Gasteiger partial charge in [0.25, 0.3) is 0 Å². The van der Waals surface area contributed by atoms with E-state index in [4.69, 9.17) is 16.7 Å². The van der Waals surface area contributed by atoms with Gasteiger partial charge < -0.3 is 10.2 Å². The van der Waals surface area contributed by atoms with Gasteiger partial charge in [-0.2, -0.15) is 0 Å². The molecule has 11 nitrogen and oxygen atoms in total. The molecule has 1 fully saturated rings. The third kappa shape index (κ3) is 5.79. The topological polar surface area (TPSA) is 152 Å². The highest BCUT2D eigenvalue weighted by Gasteiger charge is 2.56. The number of sulfonamides is 1. The standard InChI is InChI=1S/C30H26ClN5O6S3/c1-34(2)19-9-3-16(4-10-19)23-24-25(28(39)36(27(24)38)20-11-5-17(31)6-12-20)43-29-26(23)44-30(40)35(29)15-22(37)33-18-7-13-21(14-8-18)45(32,41)42/h3-14,23-25H,15H2,1-2H3,(H,33,37)(H2,32,41,42). The summed E-state index contributed by atoms with van der Waals surface area (Å²) in [6.45, 7) is -0.360. The first-order valence-electron chi connectivity index (χ1n) is 13.6. The Morgan fingerprint density at radius 1 is 0.956 bits per heavy atom. The average Bonchev–Trinajstić information content (AvgIpc) is 3.43. The van der Waals surface area contributed by atoms with Gasteiger partial charge >= 0.3 is 4.87 Å². The highest BCUT2D eigenvalue weighted by atomic mass is 35.5. The van der Waals surface area contributed by atoms with Crippen LogP contribution in [0.5, 0.6) is 0 Å². The fraction of sp³-hybridized carbons (Fsp3) is 0.200. The zero-order chi connectivity index (χ0) is 32.2. The van der Waals surface area contributed by atoms with E-state index < -0.39 is 43.8 Å². The lowest BCUT2D eigenvalue weighted by atomic mass is 9.83. The van der Waals surface area contributed by atoms with E-state index in [1.165, 1.54) is 33.7 Å². The molecule has 15 heteroatoms. The summed E-state index contributed by atoms with van der Waals surface area (Å²) in [7, 11) is -0.0787. The van der Waals surface area contributed by atoms with Gasteiger partial charge in [-0.3, -0.25) is 23.7 Å². The Bertz CT molecular complexity index is 1990. The molecule has 3 amide bonds. The second kappa shape index (κ2) is 11.8. The molecule has 6 rings (SSSR count). The molecule has 0 spiro atoms. The minimum absolute atomic E-state index is 0.109. The highest BCUT2D eigenvalue weighted by molar-refractivity contribution is 8.00. The summed E-state index contributed by atoms with van der Waals surface area (Å²) in [6.07, 6.45) is 0. The summed E-state index contributed by atoms with van der Waals surface area (Å²) in [5.41, 5.74) is 2.42. The summed E-state index contributed by atoms with van der Waals surface area (Å²) in [5, 5.41) is 7.89. The van der Waals surface area contributed by atoms with Gasteiger partial charge in [0.05, 0.1) is 21.5 Å². The maximum Gasteiger partial charge on any atom is 0.308 e. The van der Waals surface area contributed by atoms with Crippen LogP contribution in [0.3, 0.4) is 0 Å². The van der Waals surface area contributed by atoms with Crippen LogP contribution in [0.4, 0.5) is 17.1 Å². The monoisotopic (exact) mass is 683 g/mol. The Morgan fingerprint density at radius 2 is 1.60 bits per heavy atom. The molecule has 45 heavy (non-hydrogen) atoms. The van der Waals surface area contributed by atoms with Gasteiger partial charge in [-0.15, -0.1) is 0 Å². The van der Waals surface area contributed by atoms with Gasteiger partial charge in [-0.25, -0.2) is 18.5 Å². The van der Waals surface area contributed by atoms with Gasteiger partial charge in [0.2, 0.25) is 27.7 Å². The van der Waals surface area contributed by atoms with Crippen molar-refractivity contribution in [2.24, 2.45) is 11.1 Å². The number of fused-ring (bicyclic) bond motifs is 2. The molecular formula is C30H26ClN5O6S3. The van der Waals surface area contributed by atoms with Crippen molar-refractivity contribution in [2.75, 3.05) is 29.2 Å². The molecule has 3 unspecified atom stereocenters. The lowest BCUT2D eigenvalue weighted by molar-refractivity contribution is -0.122. The lowest BCUT2D eigenvalue weighted by Gasteiger charge is -2.31. The molecule has 4 aromatic rings. The van der Waals surface area contributed by atoms with E-state index >= 15 is 0 Å². The number of aromatic nitrogens is 1. The Labute approximate surface area is 271 Å². The van der Waals surface area contributed by atoms with Crippen molar-refractivity contribution in [1.29, 1.82) is 0 Å². The van der Waals surface area contributed by atoms with Crippen LogP contribution in [0.1, 0.15) is 16.4 Å². The van der Waals surface area contributed by atoms with E-state index in [1.54, 1.807) is 24.3 Å². The zero-order valence-electron chi connectivity index (χ0n) is 23.8. The molecule has 0 radical (unpaired) electrons. The number of primary sulfonamides is 1. The number of thiazole rings is 1. The van der Waals surface area contributed by atoms with Crippen LogP contribution >= 0.6 is 34.7 Å². The lowest BCUT2D eigenvalue weighted by Crippen LogP contribution is -2.33. The maximum absolute atomic E-state index is 14.0. The Hall–Kier alpha value is -3.95. The Kier molecular flexibility index (Phi) is 8.12. The van der Waals surface area contributed by atoms with Gasteiger partial charge in [-0.05, 0) is 66.2 Å². The number of nitrogens with one attached hydrogen (secondary N) is 1. The first-order chi connectivity index (χ1) is 21.3. The first-order valence-corrected chi connectivity index (χ1v) is 17.2. The molecule has 1 aromatic heterocycles. The van der Waals surface area contributed by atoms with Crippen LogP contribution in [0, 0.1) is 5.92 Å². The van der Waals surface area contributed by atoms with Gasteiger partial charge in [-0.1, -0.05) is 46.8 Å². The van der Waals surface area contributed by atoms with Gasteiger partial charge in [0.15, 0.2) is 0 Å². The van der Waals surface area contributed by atoms with Crippen molar-refractivity contribution in [1.82, 2.24) is 4.57 Å². The average molecular weight is 684 g/mol. The normalized spacial score (nSPS) is 19.3. The van der Waals surface area contributed by atoms with Crippen LogP contribution in [0.2, 0.25) is 5.02 Å². The SMILES string of the molecule is CN(C)c1ccc(C2c3sc(=O)n(CC(=O)Nc4ccc(S(N)(=O)=O)cc4)c3SC3C(=O)N(c4ccc(Cl)cc4)C(=O)C32)cc1. The Balaban J connectivity index is 1.37. The van der Waals surface area contributed by atoms with E-state index in [1.807, 2.05) is 43.3 Å². The molecule has 2 aliphatic rings. The van der Waals surface area contributed by atoms with Crippen LogP contribution in [0.15, 0.2) is 87.5 Å². The van der Waals surface area contributed by atoms with Crippen LogP contribution in [0.25, 0.3) is 0 Å². The molecule has 3 atom stereocenters.